The van der Waals surface area contributed by atoms with Crippen LogP contribution in [0.2, 0.25) is 5.02 Å². The molecule has 22 heavy (non-hydrogen) atoms. The van der Waals surface area contributed by atoms with Crippen LogP contribution in [0, 0.1) is 0 Å². The lowest BCUT2D eigenvalue weighted by atomic mass is 10.0. The van der Waals surface area contributed by atoms with Gasteiger partial charge >= 0.3 is 6.09 Å². The summed E-state index contributed by atoms with van der Waals surface area (Å²) in [5.41, 5.74) is 1.91. The van der Waals surface area contributed by atoms with Crippen molar-refractivity contribution >= 4 is 17.7 Å². The van der Waals surface area contributed by atoms with E-state index >= 15 is 0 Å². The van der Waals surface area contributed by atoms with E-state index in [0.29, 0.717) is 11.4 Å². The predicted octanol–water partition coefficient (Wildman–Crippen LogP) is 4.88. The highest BCUT2D eigenvalue weighted by molar-refractivity contribution is 6.30. The molecule has 2 rings (SSSR count). The van der Waals surface area contributed by atoms with Crippen molar-refractivity contribution in [1.29, 1.82) is 0 Å². The molecule has 0 aromatic heterocycles. The molecule has 3 nitrogen and oxygen atoms in total. The summed E-state index contributed by atoms with van der Waals surface area (Å²) < 4.78 is 5.24. The molecule has 114 valence electrons. The van der Waals surface area contributed by atoms with Gasteiger partial charge in [-0.15, -0.1) is 6.58 Å². The van der Waals surface area contributed by atoms with Crippen molar-refractivity contribution in [3.63, 3.8) is 0 Å². The normalized spacial score (nSPS) is 11.5. The van der Waals surface area contributed by atoms with E-state index in [4.69, 9.17) is 16.3 Å². The molecule has 0 bridgehead atoms. The summed E-state index contributed by atoms with van der Waals surface area (Å²) in [6.07, 6.45) is 1.92. The topological polar surface area (TPSA) is 38.3 Å². The number of amides is 1. The average molecular weight is 316 g/mol. The lowest BCUT2D eigenvalue weighted by molar-refractivity contribution is 0.135. The molecule has 0 aliphatic heterocycles. The van der Waals surface area contributed by atoms with Crippen LogP contribution < -0.4 is 5.32 Å². The minimum absolute atomic E-state index is 0.182. The summed E-state index contributed by atoms with van der Waals surface area (Å²) in [6, 6.07) is 16.7. The zero-order valence-electron chi connectivity index (χ0n) is 12.2. The molecule has 0 radical (unpaired) electrons. The molecule has 2 aromatic carbocycles. The lowest BCUT2D eigenvalue weighted by Crippen LogP contribution is -2.28. The second-order valence-electron chi connectivity index (χ2n) is 4.83. The van der Waals surface area contributed by atoms with Crippen molar-refractivity contribution in [2.45, 2.75) is 19.1 Å². The minimum Gasteiger partial charge on any atom is -0.445 e. The number of nitrogens with one attached hydrogen (secondary N) is 1. The van der Waals surface area contributed by atoms with Gasteiger partial charge in [0.15, 0.2) is 0 Å². The Morgan fingerprint density at radius 3 is 2.50 bits per heavy atom. The molecular formula is C18H18ClNO2. The maximum Gasteiger partial charge on any atom is 0.407 e. The first-order valence-corrected chi connectivity index (χ1v) is 7.40. The molecule has 1 N–H and O–H groups in total. The maximum absolute atomic E-state index is 11.9. The first-order chi connectivity index (χ1) is 10.7. The number of alkyl carbamates (subject to hydrolysis) is 1. The van der Waals surface area contributed by atoms with Crippen molar-refractivity contribution < 1.29 is 9.53 Å². The van der Waals surface area contributed by atoms with Crippen LogP contribution in [0.25, 0.3) is 0 Å². The van der Waals surface area contributed by atoms with Gasteiger partial charge in [-0.3, -0.25) is 0 Å². The molecule has 2 aromatic rings. The Hall–Kier alpha value is -2.26. The van der Waals surface area contributed by atoms with E-state index in [1.165, 1.54) is 0 Å². The number of carbonyl (C=O) groups excluding carboxylic acids is 1. The standard InChI is InChI=1S/C18H18ClNO2/c1-2-6-17(15-9-11-16(19)12-10-15)20-18(21)22-13-14-7-4-3-5-8-14/h2-5,7-12,17H,1,6,13H2,(H,20,21). The summed E-state index contributed by atoms with van der Waals surface area (Å²) >= 11 is 5.88. The number of halogens is 1. The van der Waals surface area contributed by atoms with E-state index in [2.05, 4.69) is 11.9 Å². The largest absolute Gasteiger partial charge is 0.445 e. The molecular weight excluding hydrogens is 298 g/mol. The summed E-state index contributed by atoms with van der Waals surface area (Å²) in [6.45, 7) is 3.97. The Morgan fingerprint density at radius 1 is 1.18 bits per heavy atom. The third-order valence-electron chi connectivity index (χ3n) is 3.18. The summed E-state index contributed by atoms with van der Waals surface area (Å²) in [4.78, 5) is 11.9. The zero-order valence-corrected chi connectivity index (χ0v) is 12.9. The summed E-state index contributed by atoms with van der Waals surface area (Å²) in [5, 5.41) is 3.51. The third-order valence-corrected chi connectivity index (χ3v) is 3.43. The van der Waals surface area contributed by atoms with Gasteiger partial charge in [0.1, 0.15) is 6.61 Å². The fourth-order valence-electron chi connectivity index (χ4n) is 2.05. The van der Waals surface area contributed by atoms with E-state index in [9.17, 15) is 4.79 Å². The third kappa shape index (κ3) is 4.93. The van der Waals surface area contributed by atoms with Gasteiger partial charge in [0.05, 0.1) is 6.04 Å². The molecule has 1 amide bonds. The van der Waals surface area contributed by atoms with E-state index in [1.54, 1.807) is 18.2 Å². The molecule has 0 fully saturated rings. The Balaban J connectivity index is 1.94. The van der Waals surface area contributed by atoms with Gasteiger partial charge in [-0.05, 0) is 29.7 Å². The maximum atomic E-state index is 11.9. The van der Waals surface area contributed by atoms with Gasteiger partial charge in [-0.2, -0.15) is 0 Å². The van der Waals surface area contributed by atoms with Crippen LogP contribution in [0.5, 0.6) is 0 Å². The highest BCUT2D eigenvalue weighted by Crippen LogP contribution is 2.20. The molecule has 0 spiro atoms. The van der Waals surface area contributed by atoms with Crippen LogP contribution in [0.3, 0.4) is 0 Å². The molecule has 0 saturated carbocycles. The molecule has 4 heteroatoms. The van der Waals surface area contributed by atoms with Crippen LogP contribution in [0.1, 0.15) is 23.6 Å². The smallest absolute Gasteiger partial charge is 0.407 e. The molecule has 0 heterocycles. The molecule has 1 atom stereocenters. The SMILES string of the molecule is C=CCC(NC(=O)OCc1ccccc1)c1ccc(Cl)cc1. The number of ether oxygens (including phenoxy) is 1. The fourth-order valence-corrected chi connectivity index (χ4v) is 2.17. The van der Waals surface area contributed by atoms with Gasteiger partial charge < -0.3 is 10.1 Å². The Kier molecular flexibility index (Phi) is 6.04. The first-order valence-electron chi connectivity index (χ1n) is 7.02. The molecule has 0 saturated heterocycles. The van der Waals surface area contributed by atoms with Crippen molar-refractivity contribution in [3.8, 4) is 0 Å². The summed E-state index contributed by atoms with van der Waals surface area (Å²) in [7, 11) is 0. The van der Waals surface area contributed by atoms with E-state index in [-0.39, 0.29) is 12.6 Å². The number of hydrogen-bond donors (Lipinski definition) is 1. The van der Waals surface area contributed by atoms with Gasteiger partial charge in [-0.25, -0.2) is 4.79 Å². The Bertz CT molecular complexity index is 611. The molecule has 1 unspecified atom stereocenters. The Labute approximate surface area is 135 Å². The van der Waals surface area contributed by atoms with Crippen LogP contribution >= 0.6 is 11.6 Å². The van der Waals surface area contributed by atoms with E-state index in [1.807, 2.05) is 42.5 Å². The predicted molar refractivity (Wildman–Crippen MR) is 88.8 cm³/mol. The number of rotatable bonds is 6. The molecule has 0 aliphatic carbocycles. The van der Waals surface area contributed by atoms with Crippen LogP contribution in [0.4, 0.5) is 4.79 Å². The monoisotopic (exact) mass is 315 g/mol. The van der Waals surface area contributed by atoms with E-state index < -0.39 is 6.09 Å². The second kappa shape index (κ2) is 8.25. The van der Waals surface area contributed by atoms with Gasteiger partial charge in [0, 0.05) is 5.02 Å². The number of hydrogen-bond acceptors (Lipinski definition) is 2. The van der Waals surface area contributed by atoms with Crippen LogP contribution in [-0.2, 0) is 11.3 Å². The zero-order chi connectivity index (χ0) is 15.8. The number of carbonyl (C=O) groups is 1. The van der Waals surface area contributed by atoms with Gasteiger partial charge in [0.25, 0.3) is 0 Å². The van der Waals surface area contributed by atoms with Gasteiger partial charge in [-0.1, -0.05) is 60.1 Å². The van der Waals surface area contributed by atoms with Crippen LogP contribution in [-0.4, -0.2) is 6.09 Å². The van der Waals surface area contributed by atoms with Crippen LogP contribution in [0.15, 0.2) is 67.3 Å². The average Bonchev–Trinajstić information content (AvgIpc) is 2.54. The Morgan fingerprint density at radius 2 is 1.86 bits per heavy atom. The quantitative estimate of drug-likeness (QED) is 0.771. The molecule has 0 aliphatic rings. The van der Waals surface area contributed by atoms with Crippen molar-refractivity contribution in [2.75, 3.05) is 0 Å². The number of benzene rings is 2. The van der Waals surface area contributed by atoms with Crippen molar-refractivity contribution in [2.24, 2.45) is 0 Å². The minimum atomic E-state index is -0.453. The highest BCUT2D eigenvalue weighted by atomic mass is 35.5. The summed E-state index contributed by atoms with van der Waals surface area (Å²) in [5.74, 6) is 0. The first kappa shape index (κ1) is 16.1. The van der Waals surface area contributed by atoms with Crippen molar-refractivity contribution in [1.82, 2.24) is 5.32 Å². The lowest BCUT2D eigenvalue weighted by Gasteiger charge is -2.17. The van der Waals surface area contributed by atoms with Crippen molar-refractivity contribution in [3.05, 3.63) is 83.4 Å². The fraction of sp³-hybridized carbons (Fsp3) is 0.167. The van der Waals surface area contributed by atoms with E-state index in [0.717, 1.165) is 11.1 Å². The second-order valence-corrected chi connectivity index (χ2v) is 5.27. The van der Waals surface area contributed by atoms with Gasteiger partial charge in [0.2, 0.25) is 0 Å². The highest BCUT2D eigenvalue weighted by Gasteiger charge is 2.14.